The van der Waals surface area contributed by atoms with E-state index in [-0.39, 0.29) is 0 Å². The fourth-order valence-electron chi connectivity index (χ4n) is 2.07. The highest BCUT2D eigenvalue weighted by molar-refractivity contribution is 6.60. The Bertz CT molecular complexity index is 86.0. The summed E-state index contributed by atoms with van der Waals surface area (Å²) in [5.41, 5.74) is 0. The maximum Gasteiger partial charge on any atom is 0.285 e. The van der Waals surface area contributed by atoms with Crippen LogP contribution in [0.2, 0.25) is 10.6 Å². The van der Waals surface area contributed by atoms with Crippen molar-refractivity contribution >= 4 is 14.1 Å². The van der Waals surface area contributed by atoms with Crippen molar-refractivity contribution in [2.24, 2.45) is 0 Å². The van der Waals surface area contributed by atoms with Crippen molar-refractivity contribution in [3.63, 3.8) is 0 Å². The first kappa shape index (κ1) is 12.5. The lowest BCUT2D eigenvalue weighted by atomic mass is 10.5. The Morgan fingerprint density at radius 1 is 1.00 bits per heavy atom. The Morgan fingerprint density at radius 3 is 1.67 bits per heavy atom. The molecule has 0 amide bonds. The number of rotatable bonds is 6. The second kappa shape index (κ2) is 6.95. The van der Waals surface area contributed by atoms with E-state index in [9.17, 15) is 0 Å². The standard InChI is InChI=1S/C6H14N.2C2H5.Al/c1-4-7(5-2)6-3;2*1-2;/h4H,5-6H2,1-3H3;2*1H2,2H3;. The molecule has 0 N–H and O–H groups in total. The van der Waals surface area contributed by atoms with E-state index < -0.39 is 14.1 Å². The minimum atomic E-state index is -0.453. The minimum Gasteiger partial charge on any atom is -0.314 e. The molecule has 0 aliphatic heterocycles. The van der Waals surface area contributed by atoms with E-state index in [0.717, 1.165) is 4.90 Å². The average molecular weight is 185 g/mol. The lowest BCUT2D eigenvalue weighted by Crippen LogP contribution is -2.43. The predicted molar refractivity (Wildman–Crippen MR) is 59.1 cm³/mol. The molecule has 0 fully saturated rings. The van der Waals surface area contributed by atoms with Gasteiger partial charge in [0.05, 0.1) is 0 Å². The summed E-state index contributed by atoms with van der Waals surface area (Å²) in [5.74, 6) is 0. The molecule has 72 valence electrons. The molecule has 0 spiro atoms. The average Bonchev–Trinajstić information content (AvgIpc) is 2.09. The maximum atomic E-state index is 2.61. The van der Waals surface area contributed by atoms with Gasteiger partial charge < -0.3 is 4.90 Å². The molecule has 0 aromatic heterocycles. The molecule has 0 saturated carbocycles. The Kier molecular flexibility index (Phi) is 7.24. The fraction of sp³-hybridized carbons (Fsp3) is 1.00. The summed E-state index contributed by atoms with van der Waals surface area (Å²) in [4.78, 5) is 3.51. The highest BCUT2D eigenvalue weighted by Gasteiger charge is 2.23. The Morgan fingerprint density at radius 2 is 1.42 bits per heavy atom. The van der Waals surface area contributed by atoms with Gasteiger partial charge in [-0.3, -0.25) is 0 Å². The van der Waals surface area contributed by atoms with Gasteiger partial charge in [0.15, 0.2) is 0 Å². The number of hydrogen-bond acceptors (Lipinski definition) is 1. The quantitative estimate of drug-likeness (QED) is 0.575. The molecule has 0 aromatic carbocycles. The van der Waals surface area contributed by atoms with Crippen LogP contribution in [-0.4, -0.2) is 37.0 Å². The van der Waals surface area contributed by atoms with Gasteiger partial charge in [0.25, 0.3) is 14.1 Å². The zero-order valence-corrected chi connectivity index (χ0v) is 10.6. The highest BCUT2D eigenvalue weighted by Crippen LogP contribution is 2.10. The van der Waals surface area contributed by atoms with Crippen LogP contribution in [0.3, 0.4) is 0 Å². The van der Waals surface area contributed by atoms with Gasteiger partial charge in [-0.05, 0) is 18.0 Å². The maximum absolute atomic E-state index is 2.61. The number of nitrogens with zero attached hydrogens (tertiary/aromatic N) is 1. The molecule has 1 unspecified atom stereocenters. The van der Waals surface area contributed by atoms with Crippen molar-refractivity contribution in [1.82, 2.24) is 4.90 Å². The molecule has 0 aliphatic rings. The first-order valence-electron chi connectivity index (χ1n) is 5.45. The lowest BCUT2D eigenvalue weighted by molar-refractivity contribution is 0.285. The molecule has 0 saturated heterocycles. The number of hydrogen-bond donors (Lipinski definition) is 0. The highest BCUT2D eigenvalue weighted by atomic mass is 27.2. The van der Waals surface area contributed by atoms with E-state index in [1.165, 1.54) is 23.7 Å². The smallest absolute Gasteiger partial charge is 0.285 e. The molecule has 0 rings (SSSR count). The fourth-order valence-corrected chi connectivity index (χ4v) is 5.03. The van der Waals surface area contributed by atoms with Crippen LogP contribution < -0.4 is 0 Å². The normalized spacial score (nSPS) is 13.5. The first-order valence-corrected chi connectivity index (χ1v) is 7.75. The van der Waals surface area contributed by atoms with Crippen LogP contribution in [0.4, 0.5) is 0 Å². The second-order valence-electron chi connectivity index (χ2n) is 3.54. The van der Waals surface area contributed by atoms with Gasteiger partial charge >= 0.3 is 0 Å². The molecular weight excluding hydrogens is 161 g/mol. The first-order chi connectivity index (χ1) is 5.71. The topological polar surface area (TPSA) is 3.24 Å². The van der Waals surface area contributed by atoms with Crippen molar-refractivity contribution < 1.29 is 0 Å². The van der Waals surface area contributed by atoms with E-state index in [1.54, 1.807) is 0 Å². The minimum absolute atomic E-state index is 0.453. The summed E-state index contributed by atoms with van der Waals surface area (Å²) in [7, 11) is 0. The van der Waals surface area contributed by atoms with Crippen molar-refractivity contribution in [3.05, 3.63) is 0 Å². The van der Waals surface area contributed by atoms with E-state index in [2.05, 4.69) is 39.5 Å². The van der Waals surface area contributed by atoms with Gasteiger partial charge in [-0.2, -0.15) is 0 Å². The molecule has 1 atom stereocenters. The summed E-state index contributed by atoms with van der Waals surface area (Å²) in [6, 6.07) is 0. The third-order valence-corrected chi connectivity index (χ3v) is 7.00. The second-order valence-corrected chi connectivity index (χ2v) is 7.66. The van der Waals surface area contributed by atoms with E-state index in [4.69, 9.17) is 0 Å². The van der Waals surface area contributed by atoms with Gasteiger partial charge in [0.1, 0.15) is 0 Å². The van der Waals surface area contributed by atoms with Crippen molar-refractivity contribution in [2.45, 2.75) is 50.1 Å². The van der Waals surface area contributed by atoms with Crippen LogP contribution >= 0.6 is 0 Å². The molecule has 1 nitrogen and oxygen atoms in total. The van der Waals surface area contributed by atoms with E-state index in [0.29, 0.717) is 0 Å². The Hall–Kier alpha value is 0.492. The Balaban J connectivity index is 4.02. The molecule has 0 aromatic rings. The lowest BCUT2D eigenvalue weighted by Gasteiger charge is -2.29. The third-order valence-electron chi connectivity index (χ3n) is 3.12. The van der Waals surface area contributed by atoms with Gasteiger partial charge in [-0.1, -0.05) is 45.2 Å². The molecule has 0 aliphatic carbocycles. The predicted octanol–water partition coefficient (Wildman–Crippen LogP) is 2.79. The zero-order valence-electron chi connectivity index (χ0n) is 9.43. The van der Waals surface area contributed by atoms with Crippen LogP contribution in [0.1, 0.15) is 34.6 Å². The Labute approximate surface area is 82.5 Å². The van der Waals surface area contributed by atoms with Crippen molar-refractivity contribution in [1.29, 1.82) is 0 Å². The van der Waals surface area contributed by atoms with E-state index in [1.807, 2.05) is 0 Å². The molecule has 0 radical (unpaired) electrons. The van der Waals surface area contributed by atoms with Crippen molar-refractivity contribution in [3.8, 4) is 0 Å². The summed E-state index contributed by atoms with van der Waals surface area (Å²) in [5, 5.41) is 2.91. The summed E-state index contributed by atoms with van der Waals surface area (Å²) >= 11 is -0.453. The molecular formula is C10H24AlN. The van der Waals surface area contributed by atoms with Gasteiger partial charge in [0, 0.05) is 0 Å². The molecule has 2 heteroatoms. The van der Waals surface area contributed by atoms with Gasteiger partial charge in [-0.25, -0.2) is 0 Å². The summed E-state index contributed by atoms with van der Waals surface area (Å²) in [6.45, 7) is 14.1. The molecule has 12 heavy (non-hydrogen) atoms. The van der Waals surface area contributed by atoms with Crippen LogP contribution in [0, 0.1) is 0 Å². The molecule has 0 bridgehead atoms. The molecule has 0 heterocycles. The van der Waals surface area contributed by atoms with E-state index >= 15 is 0 Å². The largest absolute Gasteiger partial charge is 0.314 e. The van der Waals surface area contributed by atoms with Gasteiger partial charge in [0.2, 0.25) is 0 Å². The van der Waals surface area contributed by atoms with Crippen LogP contribution in [0.15, 0.2) is 0 Å². The SMILES string of the molecule is CCN(CC)[CH](C)[Al]([CH2]C)[CH2]C. The van der Waals surface area contributed by atoms with Crippen LogP contribution in [0.5, 0.6) is 0 Å². The van der Waals surface area contributed by atoms with Crippen LogP contribution in [0.25, 0.3) is 0 Å². The zero-order chi connectivity index (χ0) is 9.56. The van der Waals surface area contributed by atoms with Gasteiger partial charge in [-0.15, -0.1) is 0 Å². The monoisotopic (exact) mass is 185 g/mol. The third kappa shape index (κ3) is 3.48. The van der Waals surface area contributed by atoms with Crippen molar-refractivity contribution in [2.75, 3.05) is 13.1 Å². The summed E-state index contributed by atoms with van der Waals surface area (Å²) in [6.07, 6.45) is 0. The van der Waals surface area contributed by atoms with Crippen LogP contribution in [-0.2, 0) is 0 Å². The summed E-state index contributed by atoms with van der Waals surface area (Å²) < 4.78 is 0.